The molecular formula is C22H33F3N4O. The summed E-state index contributed by atoms with van der Waals surface area (Å²) in [5, 5.41) is 6.70. The molecule has 1 aromatic rings. The summed E-state index contributed by atoms with van der Waals surface area (Å²) >= 11 is 0. The Morgan fingerprint density at radius 3 is 2.53 bits per heavy atom. The molecule has 0 saturated carbocycles. The minimum Gasteiger partial charge on any atom is -0.381 e. The van der Waals surface area contributed by atoms with Gasteiger partial charge in [-0.2, -0.15) is 13.2 Å². The van der Waals surface area contributed by atoms with E-state index in [0.717, 1.165) is 32.2 Å². The van der Waals surface area contributed by atoms with Crippen LogP contribution in [0, 0.1) is 0 Å². The monoisotopic (exact) mass is 426 g/mol. The second-order valence-electron chi connectivity index (χ2n) is 8.23. The van der Waals surface area contributed by atoms with Crippen molar-refractivity contribution in [3.8, 4) is 0 Å². The highest BCUT2D eigenvalue weighted by molar-refractivity contribution is 5.79. The third kappa shape index (κ3) is 6.11. The van der Waals surface area contributed by atoms with Gasteiger partial charge in [0.2, 0.25) is 0 Å². The summed E-state index contributed by atoms with van der Waals surface area (Å²) in [7, 11) is 1.72. The topological polar surface area (TPSA) is 48.9 Å². The zero-order valence-electron chi connectivity index (χ0n) is 17.7. The average molecular weight is 427 g/mol. The van der Waals surface area contributed by atoms with Crippen molar-refractivity contribution < 1.29 is 17.9 Å². The van der Waals surface area contributed by atoms with Crippen LogP contribution in [-0.4, -0.2) is 63.8 Å². The molecule has 0 spiro atoms. The third-order valence-corrected chi connectivity index (χ3v) is 6.24. The van der Waals surface area contributed by atoms with Crippen LogP contribution in [0.3, 0.4) is 0 Å². The van der Waals surface area contributed by atoms with Crippen LogP contribution in [0.15, 0.2) is 29.3 Å². The fourth-order valence-electron chi connectivity index (χ4n) is 4.34. The van der Waals surface area contributed by atoms with Crippen molar-refractivity contribution in [1.82, 2.24) is 15.5 Å². The van der Waals surface area contributed by atoms with E-state index in [2.05, 4.69) is 20.5 Å². The number of alkyl halides is 3. The van der Waals surface area contributed by atoms with Crippen LogP contribution in [0.2, 0.25) is 0 Å². The molecule has 0 radical (unpaired) electrons. The minimum absolute atomic E-state index is 0.413. The summed E-state index contributed by atoms with van der Waals surface area (Å²) in [5.74, 6) is 0.685. The molecular weight excluding hydrogens is 393 g/mol. The maximum absolute atomic E-state index is 13.2. The summed E-state index contributed by atoms with van der Waals surface area (Å²) in [4.78, 5) is 6.75. The Morgan fingerprint density at radius 1 is 1.13 bits per heavy atom. The summed E-state index contributed by atoms with van der Waals surface area (Å²) in [6.45, 7) is 5.64. The molecule has 2 fully saturated rings. The Labute approximate surface area is 177 Å². The van der Waals surface area contributed by atoms with E-state index in [0.29, 0.717) is 44.1 Å². The van der Waals surface area contributed by atoms with Gasteiger partial charge in [0.15, 0.2) is 5.96 Å². The number of hydrogen-bond donors (Lipinski definition) is 2. The molecule has 2 aliphatic rings. The summed E-state index contributed by atoms with van der Waals surface area (Å²) < 4.78 is 45.3. The van der Waals surface area contributed by atoms with Crippen LogP contribution < -0.4 is 10.6 Å². The van der Waals surface area contributed by atoms with Gasteiger partial charge in [-0.3, -0.25) is 4.99 Å². The molecule has 2 N–H and O–H groups in total. The molecule has 0 bridgehead atoms. The number of benzene rings is 1. The number of halogens is 3. The molecule has 8 heteroatoms. The van der Waals surface area contributed by atoms with Gasteiger partial charge in [-0.25, -0.2) is 0 Å². The highest BCUT2D eigenvalue weighted by atomic mass is 19.4. The lowest BCUT2D eigenvalue weighted by molar-refractivity contribution is -0.137. The van der Waals surface area contributed by atoms with E-state index < -0.39 is 17.2 Å². The van der Waals surface area contributed by atoms with Gasteiger partial charge in [0, 0.05) is 45.3 Å². The number of ether oxygens (including phenoxy) is 1. The summed E-state index contributed by atoms with van der Waals surface area (Å²) in [6.07, 6.45) is 0.831. The number of nitrogens with one attached hydrogen (secondary N) is 2. The lowest BCUT2D eigenvalue weighted by Crippen LogP contribution is -2.49. The van der Waals surface area contributed by atoms with Gasteiger partial charge in [-0.15, -0.1) is 0 Å². The van der Waals surface area contributed by atoms with E-state index >= 15 is 0 Å². The van der Waals surface area contributed by atoms with Gasteiger partial charge in [0.05, 0.1) is 5.56 Å². The van der Waals surface area contributed by atoms with Crippen molar-refractivity contribution in [2.24, 2.45) is 4.99 Å². The predicted molar refractivity (Wildman–Crippen MR) is 113 cm³/mol. The smallest absolute Gasteiger partial charge is 0.381 e. The highest BCUT2D eigenvalue weighted by Crippen LogP contribution is 2.37. The molecule has 30 heavy (non-hydrogen) atoms. The van der Waals surface area contributed by atoms with Gasteiger partial charge in [0.25, 0.3) is 0 Å². The maximum atomic E-state index is 13.2. The van der Waals surface area contributed by atoms with Gasteiger partial charge in [-0.05, 0) is 50.4 Å². The Kier molecular flexibility index (Phi) is 7.99. The van der Waals surface area contributed by atoms with E-state index in [1.54, 1.807) is 13.1 Å². The van der Waals surface area contributed by atoms with Gasteiger partial charge >= 0.3 is 6.18 Å². The molecule has 3 rings (SSSR count). The first-order valence-electron chi connectivity index (χ1n) is 10.9. The van der Waals surface area contributed by atoms with Crippen molar-refractivity contribution >= 4 is 5.96 Å². The van der Waals surface area contributed by atoms with E-state index in [1.165, 1.54) is 31.4 Å². The molecule has 2 saturated heterocycles. The molecule has 168 valence electrons. The van der Waals surface area contributed by atoms with Crippen molar-refractivity contribution in [3.63, 3.8) is 0 Å². The number of rotatable bonds is 6. The van der Waals surface area contributed by atoms with Crippen LogP contribution in [-0.2, 0) is 16.3 Å². The number of hydrogen-bond acceptors (Lipinski definition) is 3. The molecule has 0 aliphatic carbocycles. The van der Waals surface area contributed by atoms with Crippen LogP contribution >= 0.6 is 0 Å². The first-order valence-corrected chi connectivity index (χ1v) is 10.9. The largest absolute Gasteiger partial charge is 0.416 e. The van der Waals surface area contributed by atoms with Crippen molar-refractivity contribution in [1.29, 1.82) is 0 Å². The fraction of sp³-hybridized carbons (Fsp3) is 0.682. The normalized spacial score (nSPS) is 20.7. The second-order valence-corrected chi connectivity index (χ2v) is 8.23. The number of guanidine groups is 1. The Balaban J connectivity index is 1.62. The van der Waals surface area contributed by atoms with Gasteiger partial charge in [-0.1, -0.05) is 24.6 Å². The van der Waals surface area contributed by atoms with Crippen molar-refractivity contribution in [3.05, 3.63) is 35.4 Å². The molecule has 0 aromatic heterocycles. The van der Waals surface area contributed by atoms with Gasteiger partial charge < -0.3 is 20.3 Å². The molecule has 0 unspecified atom stereocenters. The second kappa shape index (κ2) is 10.5. The standard InChI is InChI=1S/C22H33F3N4O/c1-26-20(27-10-13-29-11-3-2-4-12-29)28-17-21(8-14-30-15-9-21)18-6-5-7-19(16-18)22(23,24)25/h5-7,16H,2-4,8-15,17H2,1H3,(H2,26,27,28). The predicted octanol–water partition coefficient (Wildman–Crippen LogP) is 3.40. The van der Waals surface area contributed by atoms with Crippen LogP contribution in [0.1, 0.15) is 43.2 Å². The highest BCUT2D eigenvalue weighted by Gasteiger charge is 2.37. The first kappa shape index (κ1) is 22.9. The van der Waals surface area contributed by atoms with Crippen LogP contribution in [0.25, 0.3) is 0 Å². The fourth-order valence-corrected chi connectivity index (χ4v) is 4.34. The number of piperidine rings is 1. The summed E-state index contributed by atoms with van der Waals surface area (Å²) in [6, 6.07) is 5.72. The minimum atomic E-state index is -4.35. The lowest BCUT2D eigenvalue weighted by Gasteiger charge is -2.38. The Bertz CT molecular complexity index is 696. The molecule has 5 nitrogen and oxygen atoms in total. The van der Waals surface area contributed by atoms with E-state index in [1.807, 2.05) is 0 Å². The molecule has 2 heterocycles. The van der Waals surface area contributed by atoms with Crippen LogP contribution in [0.4, 0.5) is 13.2 Å². The zero-order chi connectivity index (χ0) is 21.5. The SMILES string of the molecule is CN=C(NCCN1CCCCC1)NCC1(c2cccc(C(F)(F)F)c2)CCOCC1. The molecule has 1 aromatic carbocycles. The summed E-state index contributed by atoms with van der Waals surface area (Å²) in [5.41, 5.74) is -0.309. The Hall–Kier alpha value is -1.80. The average Bonchev–Trinajstić information content (AvgIpc) is 2.77. The maximum Gasteiger partial charge on any atom is 0.416 e. The molecule has 0 amide bonds. The third-order valence-electron chi connectivity index (χ3n) is 6.24. The lowest BCUT2D eigenvalue weighted by atomic mass is 9.73. The van der Waals surface area contributed by atoms with E-state index in [9.17, 15) is 13.2 Å². The van der Waals surface area contributed by atoms with Gasteiger partial charge in [0.1, 0.15) is 0 Å². The van der Waals surface area contributed by atoms with E-state index in [4.69, 9.17) is 4.74 Å². The number of aliphatic imine (C=N–C) groups is 1. The number of nitrogens with zero attached hydrogens (tertiary/aromatic N) is 2. The quantitative estimate of drug-likeness (QED) is 0.541. The first-order chi connectivity index (χ1) is 14.4. The zero-order valence-corrected chi connectivity index (χ0v) is 17.7. The van der Waals surface area contributed by atoms with Crippen LogP contribution in [0.5, 0.6) is 0 Å². The Morgan fingerprint density at radius 2 is 1.87 bits per heavy atom. The van der Waals surface area contributed by atoms with Crippen molar-refractivity contribution in [2.45, 2.75) is 43.7 Å². The molecule has 0 atom stereocenters. The number of likely N-dealkylation sites (tertiary alicyclic amines) is 1. The van der Waals surface area contributed by atoms with Crippen molar-refractivity contribution in [2.75, 3.05) is 53.0 Å². The van der Waals surface area contributed by atoms with E-state index in [-0.39, 0.29) is 0 Å². The molecule has 2 aliphatic heterocycles.